The molecule has 1 aliphatic heterocycles. The molecule has 4 heteroatoms. The molecule has 0 aliphatic carbocycles. The third-order valence-electron chi connectivity index (χ3n) is 3.38. The Kier molecular flexibility index (Phi) is 3.26. The molecule has 1 aliphatic rings. The van der Waals surface area contributed by atoms with Crippen LogP contribution in [0.5, 0.6) is 5.75 Å². The van der Waals surface area contributed by atoms with Crippen molar-refractivity contribution in [3.8, 4) is 5.75 Å². The molecule has 1 saturated heterocycles. The molecule has 1 fully saturated rings. The van der Waals surface area contributed by atoms with Gasteiger partial charge in [0.1, 0.15) is 5.75 Å². The minimum atomic E-state index is -0.398. The molecular formula is C13H19NO3. The van der Waals surface area contributed by atoms with Crippen LogP contribution in [0.1, 0.15) is 25.3 Å². The number of ether oxygens (including phenoxy) is 2. The fourth-order valence-electron chi connectivity index (χ4n) is 2.51. The Labute approximate surface area is 101 Å². The highest BCUT2D eigenvalue weighted by atomic mass is 16.5. The van der Waals surface area contributed by atoms with E-state index in [0.717, 1.165) is 18.4 Å². The number of phenolic OH excluding ortho intramolecular Hbond substituents is 1. The van der Waals surface area contributed by atoms with Crippen LogP contribution in [-0.2, 0) is 15.1 Å². The number of methoxy groups -OCH3 is 1. The lowest BCUT2D eigenvalue weighted by atomic mass is 9.83. The van der Waals surface area contributed by atoms with Gasteiger partial charge in [-0.25, -0.2) is 0 Å². The Morgan fingerprint density at radius 1 is 1.47 bits per heavy atom. The molecule has 0 radical (unpaired) electrons. The molecule has 2 rings (SSSR count). The molecule has 0 spiro atoms. The Morgan fingerprint density at radius 3 is 2.82 bits per heavy atom. The number of nitrogens with two attached hydrogens (primary N) is 1. The maximum atomic E-state index is 9.63. The standard InChI is InChI=1S/C13H19NO3/c1-9-8-13(16-2,3-4-17-9)10-5-11(14)7-12(15)6-10/h5-7,9,15H,3-4,8,14H2,1-2H3. The van der Waals surface area contributed by atoms with Crippen LogP contribution in [0.25, 0.3) is 0 Å². The van der Waals surface area contributed by atoms with E-state index < -0.39 is 5.60 Å². The molecule has 0 saturated carbocycles. The van der Waals surface area contributed by atoms with Gasteiger partial charge in [-0.05, 0) is 24.6 Å². The van der Waals surface area contributed by atoms with Crippen molar-refractivity contribution >= 4 is 5.69 Å². The highest BCUT2D eigenvalue weighted by molar-refractivity contribution is 5.48. The van der Waals surface area contributed by atoms with Crippen molar-refractivity contribution in [2.24, 2.45) is 0 Å². The van der Waals surface area contributed by atoms with Crippen molar-refractivity contribution in [3.05, 3.63) is 23.8 Å². The van der Waals surface area contributed by atoms with Crippen molar-refractivity contribution in [1.82, 2.24) is 0 Å². The quantitative estimate of drug-likeness (QED) is 0.772. The fourth-order valence-corrected chi connectivity index (χ4v) is 2.51. The van der Waals surface area contributed by atoms with Crippen LogP contribution in [0.15, 0.2) is 18.2 Å². The molecule has 1 heterocycles. The minimum Gasteiger partial charge on any atom is -0.508 e. The van der Waals surface area contributed by atoms with E-state index in [9.17, 15) is 5.11 Å². The molecule has 2 unspecified atom stereocenters. The predicted molar refractivity (Wildman–Crippen MR) is 65.9 cm³/mol. The number of anilines is 1. The van der Waals surface area contributed by atoms with Crippen LogP contribution in [-0.4, -0.2) is 24.9 Å². The summed E-state index contributed by atoms with van der Waals surface area (Å²) in [6.07, 6.45) is 1.69. The van der Waals surface area contributed by atoms with Crippen LogP contribution in [0.3, 0.4) is 0 Å². The molecule has 3 N–H and O–H groups in total. The SMILES string of the molecule is COC1(c2cc(N)cc(O)c2)CCOC(C)C1. The highest BCUT2D eigenvalue weighted by Gasteiger charge is 2.37. The Balaban J connectivity index is 2.39. The molecule has 1 aromatic carbocycles. The summed E-state index contributed by atoms with van der Waals surface area (Å²) in [5.41, 5.74) is 6.84. The van der Waals surface area contributed by atoms with E-state index in [4.69, 9.17) is 15.2 Å². The zero-order valence-corrected chi connectivity index (χ0v) is 10.3. The van der Waals surface area contributed by atoms with E-state index >= 15 is 0 Å². The largest absolute Gasteiger partial charge is 0.508 e. The van der Waals surface area contributed by atoms with Crippen LogP contribution in [0.2, 0.25) is 0 Å². The molecule has 2 atom stereocenters. The van der Waals surface area contributed by atoms with Gasteiger partial charge in [-0.1, -0.05) is 0 Å². The molecule has 4 nitrogen and oxygen atoms in total. The van der Waals surface area contributed by atoms with Gasteiger partial charge in [-0.2, -0.15) is 0 Å². The molecule has 0 aromatic heterocycles. The molecule has 1 aromatic rings. The average Bonchev–Trinajstić information content (AvgIpc) is 2.27. The summed E-state index contributed by atoms with van der Waals surface area (Å²) in [5, 5.41) is 9.63. The van der Waals surface area contributed by atoms with E-state index in [1.165, 1.54) is 6.07 Å². The number of aromatic hydroxyl groups is 1. The number of rotatable bonds is 2. The average molecular weight is 237 g/mol. The molecule has 0 bridgehead atoms. The molecule has 0 amide bonds. The van der Waals surface area contributed by atoms with E-state index in [1.54, 1.807) is 13.2 Å². The summed E-state index contributed by atoms with van der Waals surface area (Å²) in [5.74, 6) is 0.176. The first-order valence-electron chi connectivity index (χ1n) is 5.82. The number of hydrogen-bond donors (Lipinski definition) is 2. The third-order valence-corrected chi connectivity index (χ3v) is 3.38. The summed E-state index contributed by atoms with van der Waals surface area (Å²) in [7, 11) is 1.69. The van der Waals surface area contributed by atoms with Crippen molar-refractivity contribution in [2.45, 2.75) is 31.5 Å². The zero-order chi connectivity index (χ0) is 12.5. The summed E-state index contributed by atoms with van der Waals surface area (Å²) in [4.78, 5) is 0. The lowest BCUT2D eigenvalue weighted by molar-refractivity contribution is -0.122. The van der Waals surface area contributed by atoms with Gasteiger partial charge in [0.15, 0.2) is 0 Å². The zero-order valence-electron chi connectivity index (χ0n) is 10.3. The molecule has 17 heavy (non-hydrogen) atoms. The number of hydrogen-bond acceptors (Lipinski definition) is 4. The van der Waals surface area contributed by atoms with E-state index in [1.807, 2.05) is 13.0 Å². The van der Waals surface area contributed by atoms with E-state index in [-0.39, 0.29) is 11.9 Å². The maximum absolute atomic E-state index is 9.63. The monoisotopic (exact) mass is 237 g/mol. The number of nitrogen functional groups attached to an aromatic ring is 1. The lowest BCUT2D eigenvalue weighted by Crippen LogP contribution is -2.39. The van der Waals surface area contributed by atoms with Crippen LogP contribution in [0.4, 0.5) is 5.69 Å². The van der Waals surface area contributed by atoms with Crippen LogP contribution >= 0.6 is 0 Å². The second-order valence-corrected chi connectivity index (χ2v) is 4.65. The van der Waals surface area contributed by atoms with Crippen molar-refractivity contribution < 1.29 is 14.6 Å². The molecular weight excluding hydrogens is 218 g/mol. The topological polar surface area (TPSA) is 64.7 Å². The normalized spacial score (nSPS) is 29.2. The van der Waals surface area contributed by atoms with Gasteiger partial charge in [0.05, 0.1) is 18.3 Å². The summed E-state index contributed by atoms with van der Waals surface area (Å²) < 4.78 is 11.2. The van der Waals surface area contributed by atoms with Crippen molar-refractivity contribution in [3.63, 3.8) is 0 Å². The van der Waals surface area contributed by atoms with Crippen molar-refractivity contribution in [2.75, 3.05) is 19.5 Å². The first-order valence-corrected chi connectivity index (χ1v) is 5.82. The van der Waals surface area contributed by atoms with Gasteiger partial charge in [-0.15, -0.1) is 0 Å². The Morgan fingerprint density at radius 2 is 2.24 bits per heavy atom. The highest BCUT2D eigenvalue weighted by Crippen LogP contribution is 2.39. The first-order chi connectivity index (χ1) is 8.05. The number of phenols is 1. The predicted octanol–water partition coefficient (Wildman–Crippen LogP) is 2.01. The first kappa shape index (κ1) is 12.2. The van der Waals surface area contributed by atoms with Gasteiger partial charge in [0.25, 0.3) is 0 Å². The maximum Gasteiger partial charge on any atom is 0.118 e. The summed E-state index contributed by atoms with van der Waals surface area (Å²) in [6.45, 7) is 2.68. The fraction of sp³-hybridized carbons (Fsp3) is 0.538. The lowest BCUT2D eigenvalue weighted by Gasteiger charge is -2.39. The van der Waals surface area contributed by atoms with Crippen LogP contribution in [0, 0.1) is 0 Å². The van der Waals surface area contributed by atoms with E-state index in [2.05, 4.69) is 0 Å². The minimum absolute atomic E-state index is 0.146. The van der Waals surface area contributed by atoms with Gasteiger partial charge < -0.3 is 20.3 Å². The van der Waals surface area contributed by atoms with Gasteiger partial charge in [-0.3, -0.25) is 0 Å². The number of benzene rings is 1. The van der Waals surface area contributed by atoms with Crippen molar-refractivity contribution in [1.29, 1.82) is 0 Å². The summed E-state index contributed by atoms with van der Waals surface area (Å²) in [6, 6.07) is 5.12. The van der Waals surface area contributed by atoms with Gasteiger partial charge >= 0.3 is 0 Å². The van der Waals surface area contributed by atoms with E-state index in [0.29, 0.717) is 12.3 Å². The summed E-state index contributed by atoms with van der Waals surface area (Å²) >= 11 is 0. The van der Waals surface area contributed by atoms with Gasteiger partial charge in [0.2, 0.25) is 0 Å². The third kappa shape index (κ3) is 2.37. The Hall–Kier alpha value is -1.26. The van der Waals surface area contributed by atoms with Gasteiger partial charge in [0, 0.05) is 31.7 Å². The second kappa shape index (κ2) is 4.55. The molecule has 94 valence electrons. The van der Waals surface area contributed by atoms with Crippen LogP contribution < -0.4 is 5.73 Å². The second-order valence-electron chi connectivity index (χ2n) is 4.65. The Bertz CT molecular complexity index is 387. The smallest absolute Gasteiger partial charge is 0.118 e.